The van der Waals surface area contributed by atoms with Gasteiger partial charge >= 0.3 is 0 Å². The fourth-order valence-electron chi connectivity index (χ4n) is 1.86. The van der Waals surface area contributed by atoms with Crippen LogP contribution in [-0.2, 0) is 0 Å². The van der Waals surface area contributed by atoms with Crippen molar-refractivity contribution in [3.63, 3.8) is 0 Å². The summed E-state index contributed by atoms with van der Waals surface area (Å²) in [7, 11) is 0. The van der Waals surface area contributed by atoms with E-state index in [9.17, 15) is 4.39 Å². The van der Waals surface area contributed by atoms with E-state index in [1.54, 1.807) is 6.20 Å². The van der Waals surface area contributed by atoms with Gasteiger partial charge < -0.3 is 10.1 Å². The fourth-order valence-corrected chi connectivity index (χ4v) is 2.40. The highest BCUT2D eigenvalue weighted by molar-refractivity contribution is 6.39. The van der Waals surface area contributed by atoms with Gasteiger partial charge in [-0.05, 0) is 6.07 Å². The highest BCUT2D eigenvalue weighted by atomic mass is 35.5. The summed E-state index contributed by atoms with van der Waals surface area (Å²) in [5, 5.41) is 3.57. The summed E-state index contributed by atoms with van der Waals surface area (Å²) in [6.07, 6.45) is 1.58. The minimum Gasteiger partial charge on any atom is -0.488 e. The number of hydrogen-bond acceptors (Lipinski definition) is 3. The first-order valence-corrected chi connectivity index (χ1v) is 5.77. The van der Waals surface area contributed by atoms with Gasteiger partial charge in [-0.2, -0.15) is 0 Å². The average molecular weight is 273 g/mol. The molecule has 2 aromatic rings. The lowest BCUT2D eigenvalue weighted by atomic mass is 10.1. The van der Waals surface area contributed by atoms with Crippen molar-refractivity contribution in [1.82, 2.24) is 4.98 Å². The SMILES string of the molecule is Fc1c(Cl)cc2ncc3c(c2c1Cl)NCCO3. The van der Waals surface area contributed by atoms with Gasteiger partial charge in [0.2, 0.25) is 0 Å². The zero-order valence-corrected chi connectivity index (χ0v) is 10.1. The van der Waals surface area contributed by atoms with E-state index in [2.05, 4.69) is 10.3 Å². The van der Waals surface area contributed by atoms with E-state index in [1.807, 2.05) is 0 Å². The molecule has 0 saturated heterocycles. The van der Waals surface area contributed by atoms with Crippen LogP contribution in [0.1, 0.15) is 0 Å². The third-order valence-electron chi connectivity index (χ3n) is 2.62. The second-order valence-corrected chi connectivity index (χ2v) is 4.44. The van der Waals surface area contributed by atoms with Crippen LogP contribution in [-0.4, -0.2) is 18.1 Å². The number of fused-ring (bicyclic) bond motifs is 3. The molecule has 1 aliphatic rings. The topological polar surface area (TPSA) is 34.2 Å². The van der Waals surface area contributed by atoms with Crippen molar-refractivity contribution in [3.8, 4) is 5.75 Å². The van der Waals surface area contributed by atoms with E-state index in [4.69, 9.17) is 27.9 Å². The van der Waals surface area contributed by atoms with Crippen LogP contribution in [0.2, 0.25) is 10.0 Å². The Morgan fingerprint density at radius 1 is 1.41 bits per heavy atom. The van der Waals surface area contributed by atoms with Crippen molar-refractivity contribution in [2.45, 2.75) is 0 Å². The normalized spacial score (nSPS) is 14.1. The number of nitrogens with zero attached hydrogens (tertiary/aromatic N) is 1. The van der Waals surface area contributed by atoms with Gasteiger partial charge in [0.15, 0.2) is 11.6 Å². The molecule has 0 bridgehead atoms. The predicted molar refractivity (Wildman–Crippen MR) is 65.7 cm³/mol. The predicted octanol–water partition coefficient (Wildman–Crippen LogP) is 3.49. The molecule has 0 fully saturated rings. The summed E-state index contributed by atoms with van der Waals surface area (Å²) in [6, 6.07) is 1.45. The lowest BCUT2D eigenvalue weighted by Gasteiger charge is -2.20. The van der Waals surface area contributed by atoms with Crippen molar-refractivity contribution in [2.75, 3.05) is 18.5 Å². The molecule has 1 N–H and O–H groups in total. The Morgan fingerprint density at radius 2 is 2.24 bits per heavy atom. The maximum absolute atomic E-state index is 13.7. The van der Waals surface area contributed by atoms with Crippen LogP contribution < -0.4 is 10.1 Å². The molecule has 3 nitrogen and oxygen atoms in total. The Morgan fingerprint density at radius 3 is 3.06 bits per heavy atom. The fraction of sp³-hybridized carbons (Fsp3) is 0.182. The van der Waals surface area contributed by atoms with Gasteiger partial charge in [-0.25, -0.2) is 4.39 Å². The number of nitrogens with one attached hydrogen (secondary N) is 1. The Kier molecular flexibility index (Phi) is 2.49. The molecular weight excluding hydrogens is 266 g/mol. The summed E-state index contributed by atoms with van der Waals surface area (Å²) < 4.78 is 19.1. The van der Waals surface area contributed by atoms with E-state index in [0.717, 1.165) is 0 Å². The minimum atomic E-state index is -0.636. The lowest BCUT2D eigenvalue weighted by molar-refractivity contribution is 0.323. The molecule has 2 heterocycles. The average Bonchev–Trinajstić information content (AvgIpc) is 2.35. The molecule has 0 atom stereocenters. The van der Waals surface area contributed by atoms with E-state index >= 15 is 0 Å². The van der Waals surface area contributed by atoms with Gasteiger partial charge in [0.25, 0.3) is 0 Å². The first kappa shape index (κ1) is 10.9. The van der Waals surface area contributed by atoms with Crippen LogP contribution >= 0.6 is 23.2 Å². The minimum absolute atomic E-state index is 0.0325. The molecule has 3 rings (SSSR count). The van der Waals surface area contributed by atoms with Crippen LogP contribution in [0.15, 0.2) is 12.3 Å². The highest BCUT2D eigenvalue weighted by Gasteiger charge is 2.19. The maximum atomic E-state index is 13.7. The van der Waals surface area contributed by atoms with Gasteiger partial charge in [0.1, 0.15) is 6.61 Å². The summed E-state index contributed by atoms with van der Waals surface area (Å²) in [4.78, 5) is 4.16. The quantitative estimate of drug-likeness (QED) is 0.746. The number of rotatable bonds is 0. The molecule has 1 aliphatic heterocycles. The molecule has 0 radical (unpaired) electrons. The third kappa shape index (κ3) is 1.59. The number of hydrogen-bond donors (Lipinski definition) is 1. The highest BCUT2D eigenvalue weighted by Crippen LogP contribution is 2.40. The number of benzene rings is 1. The molecule has 88 valence electrons. The van der Waals surface area contributed by atoms with Gasteiger partial charge in [0, 0.05) is 11.9 Å². The second kappa shape index (κ2) is 3.89. The van der Waals surface area contributed by atoms with Gasteiger partial charge in [-0.3, -0.25) is 4.98 Å². The molecule has 0 amide bonds. The van der Waals surface area contributed by atoms with Gasteiger partial charge in [-0.15, -0.1) is 0 Å². The van der Waals surface area contributed by atoms with Crippen LogP contribution in [0.5, 0.6) is 5.75 Å². The second-order valence-electron chi connectivity index (χ2n) is 3.65. The smallest absolute Gasteiger partial charge is 0.161 e. The van der Waals surface area contributed by atoms with Gasteiger partial charge in [-0.1, -0.05) is 23.2 Å². The largest absolute Gasteiger partial charge is 0.488 e. The molecule has 0 aliphatic carbocycles. The van der Waals surface area contributed by atoms with E-state index in [0.29, 0.717) is 35.5 Å². The maximum Gasteiger partial charge on any atom is 0.161 e. The van der Waals surface area contributed by atoms with Crippen molar-refractivity contribution in [2.24, 2.45) is 0 Å². The number of aromatic nitrogens is 1. The number of anilines is 1. The summed E-state index contributed by atoms with van der Waals surface area (Å²) in [5.41, 5.74) is 1.21. The molecule has 0 unspecified atom stereocenters. The number of pyridine rings is 1. The summed E-state index contributed by atoms with van der Waals surface area (Å²) in [6.45, 7) is 1.20. The molecule has 6 heteroatoms. The Labute approximate surface area is 106 Å². The van der Waals surface area contributed by atoms with Crippen molar-refractivity contribution < 1.29 is 9.13 Å². The van der Waals surface area contributed by atoms with Crippen LogP contribution in [0.4, 0.5) is 10.1 Å². The van der Waals surface area contributed by atoms with Crippen molar-refractivity contribution in [3.05, 3.63) is 28.1 Å². The number of halogens is 3. The molecule has 1 aromatic carbocycles. The van der Waals surface area contributed by atoms with E-state index in [-0.39, 0.29) is 10.0 Å². The van der Waals surface area contributed by atoms with Crippen molar-refractivity contribution >= 4 is 39.8 Å². The van der Waals surface area contributed by atoms with Crippen molar-refractivity contribution in [1.29, 1.82) is 0 Å². The summed E-state index contributed by atoms with van der Waals surface area (Å²) >= 11 is 11.7. The number of ether oxygens (including phenoxy) is 1. The van der Waals surface area contributed by atoms with Crippen LogP contribution in [0.25, 0.3) is 10.9 Å². The van der Waals surface area contributed by atoms with Gasteiger partial charge in [0.05, 0.1) is 27.4 Å². The standard InChI is InChI=1S/C11H7Cl2FN2O/c12-5-3-6-8(9(13)10(5)14)11-7(4-16-6)17-2-1-15-11/h3-4,15H,1-2H2. The van der Waals surface area contributed by atoms with Crippen LogP contribution in [0.3, 0.4) is 0 Å². The summed E-state index contributed by atoms with van der Waals surface area (Å²) in [5.74, 6) is -0.0595. The molecule has 0 spiro atoms. The Bertz CT molecular complexity index is 618. The molecule has 17 heavy (non-hydrogen) atoms. The Hall–Kier alpha value is -1.26. The van der Waals surface area contributed by atoms with E-state index < -0.39 is 5.82 Å². The zero-order valence-electron chi connectivity index (χ0n) is 8.56. The molecule has 0 saturated carbocycles. The first-order chi connectivity index (χ1) is 8.18. The molecule has 1 aromatic heterocycles. The third-order valence-corrected chi connectivity index (χ3v) is 3.25. The Balaban J connectivity index is 2.42. The van der Waals surface area contributed by atoms with E-state index in [1.165, 1.54) is 6.07 Å². The van der Waals surface area contributed by atoms with Crippen LogP contribution in [0, 0.1) is 5.82 Å². The monoisotopic (exact) mass is 272 g/mol. The molecular formula is C11H7Cl2FN2O. The lowest BCUT2D eigenvalue weighted by Crippen LogP contribution is -2.18. The first-order valence-electron chi connectivity index (χ1n) is 5.01. The zero-order chi connectivity index (χ0) is 12.0.